The van der Waals surface area contributed by atoms with Crippen molar-refractivity contribution in [2.45, 2.75) is 20.3 Å². The van der Waals surface area contributed by atoms with Gasteiger partial charge in [0, 0.05) is 16.7 Å². The fraction of sp³-hybridized carbons (Fsp3) is 0.455. The Hall–Kier alpha value is -1.09. The molecule has 82 valence electrons. The van der Waals surface area contributed by atoms with Gasteiger partial charge in [-0.15, -0.1) is 11.6 Å². The van der Waals surface area contributed by atoms with Crippen molar-refractivity contribution >= 4 is 23.2 Å². The van der Waals surface area contributed by atoms with Gasteiger partial charge in [0.05, 0.1) is 13.0 Å². The lowest BCUT2D eigenvalue weighted by molar-refractivity contribution is -0.118. The van der Waals surface area contributed by atoms with Crippen molar-refractivity contribution in [3.63, 3.8) is 0 Å². The Morgan fingerprint density at radius 3 is 2.20 bits per heavy atom. The molecule has 0 radical (unpaired) electrons. The highest BCUT2D eigenvalue weighted by molar-refractivity contribution is 6.30. The average Bonchev–Trinajstić information content (AvgIpc) is 2.23. The first-order valence-electron chi connectivity index (χ1n) is 4.70. The zero-order valence-electron chi connectivity index (χ0n) is 9.02. The number of halogens is 1. The van der Waals surface area contributed by atoms with Gasteiger partial charge in [-0.05, 0) is 13.3 Å². The minimum absolute atomic E-state index is 0.0664. The molecule has 0 heterocycles. The molecule has 0 spiro atoms. The predicted octanol–water partition coefficient (Wildman–Crippen LogP) is 2.00. The van der Waals surface area contributed by atoms with Gasteiger partial charge in [-0.3, -0.25) is 9.59 Å². The summed E-state index contributed by atoms with van der Waals surface area (Å²) in [5.74, 6) is -0.170. The molecule has 0 saturated heterocycles. The maximum Gasteiger partial charge on any atom is 0.224 e. The molecule has 0 saturated carbocycles. The zero-order valence-corrected chi connectivity index (χ0v) is 9.77. The van der Waals surface area contributed by atoms with E-state index in [2.05, 4.69) is 0 Å². The third-order valence-corrected chi connectivity index (χ3v) is 2.78. The summed E-state index contributed by atoms with van der Waals surface area (Å²) in [6, 6.07) is 0. The first kappa shape index (κ1) is 12.0. The van der Waals surface area contributed by atoms with Crippen molar-refractivity contribution in [1.29, 1.82) is 0 Å². The van der Waals surface area contributed by atoms with Gasteiger partial charge >= 0.3 is 0 Å². The van der Waals surface area contributed by atoms with Gasteiger partial charge in [-0.1, -0.05) is 6.92 Å². The standard InChI is InChI=1S/C11H13ClO3/c1-4-7-10(14)8(5-12)6(2)9(13)11(7)15-3/h4-5H2,1-3H3. The fourth-order valence-corrected chi connectivity index (χ4v) is 1.92. The number of allylic oxidation sites excluding steroid dienone is 3. The molecule has 0 aliphatic heterocycles. The van der Waals surface area contributed by atoms with Crippen LogP contribution >= 0.6 is 11.6 Å². The van der Waals surface area contributed by atoms with Crippen LogP contribution in [-0.4, -0.2) is 24.6 Å². The third kappa shape index (κ3) is 1.84. The monoisotopic (exact) mass is 228 g/mol. The van der Waals surface area contributed by atoms with E-state index in [9.17, 15) is 9.59 Å². The first-order valence-corrected chi connectivity index (χ1v) is 5.24. The molecule has 0 aromatic heterocycles. The van der Waals surface area contributed by atoms with Crippen molar-refractivity contribution in [2.24, 2.45) is 0 Å². The van der Waals surface area contributed by atoms with E-state index in [1.807, 2.05) is 6.92 Å². The summed E-state index contributed by atoms with van der Waals surface area (Å²) in [5, 5.41) is 0. The molecule has 0 fully saturated rings. The summed E-state index contributed by atoms with van der Waals surface area (Å²) in [7, 11) is 1.40. The van der Waals surface area contributed by atoms with Crippen molar-refractivity contribution < 1.29 is 14.3 Å². The van der Waals surface area contributed by atoms with Crippen LogP contribution in [0.5, 0.6) is 0 Å². The third-order valence-electron chi connectivity index (χ3n) is 2.51. The molecule has 4 heteroatoms. The SMILES string of the molecule is CCC1=C(OC)C(=O)C(C)=C(CCl)C1=O. The van der Waals surface area contributed by atoms with Gasteiger partial charge in [0.15, 0.2) is 11.5 Å². The van der Waals surface area contributed by atoms with E-state index in [0.717, 1.165) is 0 Å². The summed E-state index contributed by atoms with van der Waals surface area (Å²) < 4.78 is 4.97. The highest BCUT2D eigenvalue weighted by Gasteiger charge is 2.31. The summed E-state index contributed by atoms with van der Waals surface area (Å²) in [4.78, 5) is 23.7. The van der Waals surface area contributed by atoms with E-state index in [1.54, 1.807) is 6.92 Å². The van der Waals surface area contributed by atoms with E-state index < -0.39 is 0 Å². The van der Waals surface area contributed by atoms with E-state index in [4.69, 9.17) is 16.3 Å². The predicted molar refractivity (Wildman–Crippen MR) is 57.8 cm³/mol. The largest absolute Gasteiger partial charge is 0.492 e. The quantitative estimate of drug-likeness (QED) is 0.548. The van der Waals surface area contributed by atoms with Crippen LogP contribution in [0.4, 0.5) is 0 Å². The molecule has 0 bridgehead atoms. The van der Waals surface area contributed by atoms with Gasteiger partial charge < -0.3 is 4.74 Å². The van der Waals surface area contributed by atoms with Crippen LogP contribution in [0.25, 0.3) is 0 Å². The molecule has 0 aromatic carbocycles. The molecule has 15 heavy (non-hydrogen) atoms. The van der Waals surface area contributed by atoms with Crippen LogP contribution in [-0.2, 0) is 14.3 Å². The minimum atomic E-state index is -0.232. The lowest BCUT2D eigenvalue weighted by Gasteiger charge is -2.19. The lowest BCUT2D eigenvalue weighted by atomic mass is 9.88. The summed E-state index contributed by atoms with van der Waals surface area (Å²) >= 11 is 5.65. The molecule has 0 amide bonds. The molecule has 1 rings (SSSR count). The zero-order chi connectivity index (χ0) is 11.6. The van der Waals surface area contributed by atoms with Crippen molar-refractivity contribution in [1.82, 2.24) is 0 Å². The Balaban J connectivity index is 3.31. The van der Waals surface area contributed by atoms with Gasteiger partial charge in [0.25, 0.3) is 0 Å². The number of rotatable bonds is 3. The van der Waals surface area contributed by atoms with Gasteiger partial charge in [0.2, 0.25) is 5.78 Å². The van der Waals surface area contributed by atoms with Crippen molar-refractivity contribution in [3.8, 4) is 0 Å². The average molecular weight is 229 g/mol. The molecule has 0 aromatic rings. The Labute approximate surface area is 93.7 Å². The Morgan fingerprint density at radius 1 is 1.20 bits per heavy atom. The first-order chi connectivity index (χ1) is 7.08. The Bertz CT molecular complexity index is 377. The highest BCUT2D eigenvalue weighted by atomic mass is 35.5. The fourth-order valence-electron chi connectivity index (χ4n) is 1.60. The number of carbonyl (C=O) groups excluding carboxylic acids is 2. The molecule has 3 nitrogen and oxygen atoms in total. The summed E-state index contributed by atoms with van der Waals surface area (Å²) in [5.41, 5.74) is 1.20. The molecule has 1 aliphatic carbocycles. The number of methoxy groups -OCH3 is 1. The second kappa shape index (κ2) is 4.62. The summed E-state index contributed by atoms with van der Waals surface area (Å²) in [6.45, 7) is 3.41. The number of ketones is 2. The normalized spacial score (nSPS) is 17.6. The van der Waals surface area contributed by atoms with Crippen LogP contribution < -0.4 is 0 Å². The number of alkyl halides is 1. The number of carbonyl (C=O) groups is 2. The minimum Gasteiger partial charge on any atom is -0.492 e. The molecule has 0 atom stereocenters. The molecule has 0 N–H and O–H groups in total. The second-order valence-corrected chi connectivity index (χ2v) is 3.53. The molecular weight excluding hydrogens is 216 g/mol. The van der Waals surface area contributed by atoms with Crippen molar-refractivity contribution in [3.05, 3.63) is 22.5 Å². The number of Topliss-reactive ketones (excluding diaryl/α,β-unsaturated/α-hetero) is 2. The van der Waals surface area contributed by atoms with Crippen LogP contribution in [0.2, 0.25) is 0 Å². The Morgan fingerprint density at radius 2 is 1.80 bits per heavy atom. The van der Waals surface area contributed by atoms with Crippen molar-refractivity contribution in [2.75, 3.05) is 13.0 Å². The van der Waals surface area contributed by atoms with E-state index in [0.29, 0.717) is 23.1 Å². The van der Waals surface area contributed by atoms with Crippen LogP contribution in [0.15, 0.2) is 22.5 Å². The molecule has 1 aliphatic rings. The smallest absolute Gasteiger partial charge is 0.224 e. The van der Waals surface area contributed by atoms with E-state index >= 15 is 0 Å². The number of hydrogen-bond acceptors (Lipinski definition) is 3. The second-order valence-electron chi connectivity index (χ2n) is 3.26. The van der Waals surface area contributed by atoms with Crippen LogP contribution in [0.1, 0.15) is 20.3 Å². The number of ether oxygens (including phenoxy) is 1. The van der Waals surface area contributed by atoms with Gasteiger partial charge in [-0.25, -0.2) is 0 Å². The highest BCUT2D eigenvalue weighted by Crippen LogP contribution is 2.27. The maximum atomic E-state index is 11.9. The lowest BCUT2D eigenvalue weighted by Crippen LogP contribution is -2.24. The van der Waals surface area contributed by atoms with Crippen LogP contribution in [0, 0.1) is 0 Å². The van der Waals surface area contributed by atoms with E-state index in [-0.39, 0.29) is 23.2 Å². The maximum absolute atomic E-state index is 11.9. The topological polar surface area (TPSA) is 43.4 Å². The van der Waals surface area contributed by atoms with Crippen LogP contribution in [0.3, 0.4) is 0 Å². The molecular formula is C11H13ClO3. The van der Waals surface area contributed by atoms with Gasteiger partial charge in [0.1, 0.15) is 0 Å². The van der Waals surface area contributed by atoms with E-state index in [1.165, 1.54) is 7.11 Å². The Kier molecular flexibility index (Phi) is 3.69. The molecule has 0 unspecified atom stereocenters. The number of hydrogen-bond donors (Lipinski definition) is 0. The summed E-state index contributed by atoms with van der Waals surface area (Å²) in [6.07, 6.45) is 0.474. The van der Waals surface area contributed by atoms with Gasteiger partial charge in [-0.2, -0.15) is 0 Å².